The average molecular weight is 477 g/mol. The number of nitrogens with one attached hydrogen (secondary N) is 1. The van der Waals surface area contributed by atoms with Crippen molar-refractivity contribution < 1.29 is 23.8 Å². The second kappa shape index (κ2) is 11.8. The van der Waals surface area contributed by atoms with Crippen LogP contribution < -0.4 is 24.4 Å². The van der Waals surface area contributed by atoms with E-state index in [1.807, 2.05) is 37.3 Å². The van der Waals surface area contributed by atoms with Crippen molar-refractivity contribution >= 4 is 18.3 Å². The molecule has 0 radical (unpaired) electrons. The van der Waals surface area contributed by atoms with Crippen LogP contribution in [0.15, 0.2) is 60.9 Å². The minimum atomic E-state index is -0.286. The summed E-state index contributed by atoms with van der Waals surface area (Å²) in [7, 11) is 0. The number of hydrogen-bond acceptors (Lipinski definition) is 8. The zero-order chi connectivity index (χ0) is 24.5. The van der Waals surface area contributed by atoms with Crippen molar-refractivity contribution in [3.63, 3.8) is 0 Å². The molecule has 1 aliphatic rings. The van der Waals surface area contributed by atoms with Crippen LogP contribution in [0.2, 0.25) is 0 Å². The smallest absolute Gasteiger partial charge is 0.298 e. The van der Waals surface area contributed by atoms with Gasteiger partial charge < -0.3 is 24.4 Å². The molecule has 0 aliphatic carbocycles. The number of aromatic nitrogens is 2. The molecule has 1 aliphatic heterocycles. The Morgan fingerprint density at radius 2 is 1.94 bits per heavy atom. The maximum absolute atomic E-state index is 12.5. The molecule has 1 fully saturated rings. The standard InChI is InChI=1S/C26H28N4O5/c1-2-33-23-10-3-4-11-24(23)35-22-9-6-12-30(17-22)26-28-15-20(16-29-26)25(32)27-14-19-7-5-8-21(13-19)34-18-31/h3-5,7-8,10-11,13,15-16,18,22H,2,6,9,12,14,17H2,1H3,(H,27,32)/t22-/m1/s1. The van der Waals surface area contributed by atoms with Crippen molar-refractivity contribution in [3.8, 4) is 17.2 Å². The molecule has 2 heterocycles. The van der Waals surface area contributed by atoms with Crippen molar-refractivity contribution in [2.24, 2.45) is 0 Å². The number of hydrogen-bond donors (Lipinski definition) is 1. The van der Waals surface area contributed by atoms with E-state index in [0.717, 1.165) is 36.4 Å². The quantitative estimate of drug-likeness (QED) is 0.444. The van der Waals surface area contributed by atoms with E-state index in [4.69, 9.17) is 14.2 Å². The Morgan fingerprint density at radius 1 is 1.14 bits per heavy atom. The predicted molar refractivity (Wildman–Crippen MR) is 130 cm³/mol. The molecule has 1 N–H and O–H groups in total. The van der Waals surface area contributed by atoms with Crippen LogP contribution in [0, 0.1) is 0 Å². The van der Waals surface area contributed by atoms with Gasteiger partial charge in [-0.05, 0) is 49.6 Å². The number of anilines is 1. The fourth-order valence-electron chi connectivity index (χ4n) is 3.89. The summed E-state index contributed by atoms with van der Waals surface area (Å²) >= 11 is 0. The van der Waals surface area contributed by atoms with Crippen LogP contribution in [0.5, 0.6) is 17.2 Å². The van der Waals surface area contributed by atoms with Gasteiger partial charge in [0.2, 0.25) is 5.95 Å². The zero-order valence-electron chi connectivity index (χ0n) is 19.6. The lowest BCUT2D eigenvalue weighted by Gasteiger charge is -2.33. The molecule has 1 amide bonds. The molecule has 9 heteroatoms. The molecule has 0 unspecified atom stereocenters. The number of amides is 1. The van der Waals surface area contributed by atoms with Gasteiger partial charge in [-0.3, -0.25) is 9.59 Å². The molecule has 0 bridgehead atoms. The van der Waals surface area contributed by atoms with Crippen molar-refractivity contribution in [1.29, 1.82) is 0 Å². The summed E-state index contributed by atoms with van der Waals surface area (Å²) in [5.41, 5.74) is 1.17. The lowest BCUT2D eigenvalue weighted by molar-refractivity contribution is -0.120. The summed E-state index contributed by atoms with van der Waals surface area (Å²) < 4.78 is 16.7. The Labute approximate surface area is 204 Å². The first-order chi connectivity index (χ1) is 17.2. The summed E-state index contributed by atoms with van der Waals surface area (Å²) in [6.07, 6.45) is 4.91. The number of carbonyl (C=O) groups is 2. The van der Waals surface area contributed by atoms with E-state index in [9.17, 15) is 9.59 Å². The Balaban J connectivity index is 1.33. The van der Waals surface area contributed by atoms with Crippen molar-refractivity contribution in [3.05, 3.63) is 72.1 Å². The van der Waals surface area contributed by atoms with E-state index in [1.165, 1.54) is 12.4 Å². The summed E-state index contributed by atoms with van der Waals surface area (Å²) in [5.74, 6) is 2.17. The van der Waals surface area contributed by atoms with Crippen LogP contribution in [0.1, 0.15) is 35.7 Å². The molecule has 0 saturated carbocycles. The molecular formula is C26H28N4O5. The maximum atomic E-state index is 12.5. The number of benzene rings is 2. The summed E-state index contributed by atoms with van der Waals surface area (Å²) in [5, 5.41) is 2.83. The minimum absolute atomic E-state index is 0.0177. The SMILES string of the molecule is CCOc1ccccc1O[C@@H]1CCCN(c2ncc(C(=O)NCc3cccc(OC=O)c3)cn2)C1. The minimum Gasteiger partial charge on any atom is -0.490 e. The first-order valence-electron chi connectivity index (χ1n) is 11.6. The first-order valence-corrected chi connectivity index (χ1v) is 11.6. The third-order valence-electron chi connectivity index (χ3n) is 5.54. The Morgan fingerprint density at radius 3 is 2.71 bits per heavy atom. The van der Waals surface area contributed by atoms with Gasteiger partial charge in [-0.1, -0.05) is 24.3 Å². The van der Waals surface area contributed by atoms with Gasteiger partial charge in [-0.15, -0.1) is 0 Å². The van der Waals surface area contributed by atoms with Crippen LogP contribution in [-0.2, 0) is 11.3 Å². The highest BCUT2D eigenvalue weighted by Gasteiger charge is 2.24. The normalized spacial score (nSPS) is 15.2. The fraction of sp³-hybridized carbons (Fsp3) is 0.308. The third kappa shape index (κ3) is 6.47. The number of piperidine rings is 1. The summed E-state index contributed by atoms with van der Waals surface area (Å²) in [4.78, 5) is 33.9. The lowest BCUT2D eigenvalue weighted by Crippen LogP contribution is -2.42. The molecule has 4 rings (SSSR count). The second-order valence-corrected chi connectivity index (χ2v) is 8.02. The van der Waals surface area contributed by atoms with Crippen molar-refractivity contribution in [2.45, 2.75) is 32.4 Å². The number of nitrogens with zero attached hydrogens (tertiary/aromatic N) is 3. The molecule has 182 valence electrons. The van der Waals surface area contributed by atoms with Crippen LogP contribution in [0.3, 0.4) is 0 Å². The summed E-state index contributed by atoms with van der Waals surface area (Å²) in [6, 6.07) is 14.6. The number of carbonyl (C=O) groups excluding carboxylic acids is 2. The molecule has 1 atom stereocenters. The van der Waals surface area contributed by atoms with E-state index < -0.39 is 0 Å². The van der Waals surface area contributed by atoms with Gasteiger partial charge in [0.25, 0.3) is 12.4 Å². The highest BCUT2D eigenvalue weighted by atomic mass is 16.5. The van der Waals surface area contributed by atoms with Crippen molar-refractivity contribution in [1.82, 2.24) is 15.3 Å². The zero-order valence-corrected chi connectivity index (χ0v) is 19.6. The molecule has 35 heavy (non-hydrogen) atoms. The first kappa shape index (κ1) is 24.0. The number of rotatable bonds is 10. The van der Waals surface area contributed by atoms with E-state index in [-0.39, 0.29) is 18.6 Å². The van der Waals surface area contributed by atoms with Crippen LogP contribution >= 0.6 is 0 Å². The topological polar surface area (TPSA) is 103 Å². The van der Waals surface area contributed by atoms with Gasteiger partial charge in [-0.2, -0.15) is 0 Å². The second-order valence-electron chi connectivity index (χ2n) is 8.02. The van der Waals surface area contributed by atoms with Gasteiger partial charge in [0.1, 0.15) is 11.9 Å². The molecule has 2 aromatic carbocycles. The van der Waals surface area contributed by atoms with E-state index >= 15 is 0 Å². The van der Waals surface area contributed by atoms with Gasteiger partial charge >= 0.3 is 0 Å². The molecule has 1 saturated heterocycles. The highest BCUT2D eigenvalue weighted by Crippen LogP contribution is 2.29. The maximum Gasteiger partial charge on any atom is 0.298 e. The summed E-state index contributed by atoms with van der Waals surface area (Å²) in [6.45, 7) is 4.63. The molecule has 0 spiro atoms. The van der Waals surface area contributed by atoms with E-state index in [0.29, 0.717) is 36.9 Å². The average Bonchev–Trinajstić information content (AvgIpc) is 2.89. The van der Waals surface area contributed by atoms with E-state index in [2.05, 4.69) is 20.2 Å². The number of ether oxygens (including phenoxy) is 3. The predicted octanol–water partition coefficient (Wildman–Crippen LogP) is 3.39. The molecule has 1 aromatic heterocycles. The van der Waals surface area contributed by atoms with Gasteiger partial charge in [0.15, 0.2) is 11.5 Å². The van der Waals surface area contributed by atoms with Crippen molar-refractivity contribution in [2.75, 3.05) is 24.6 Å². The lowest BCUT2D eigenvalue weighted by atomic mass is 10.1. The Bertz CT molecular complexity index is 1140. The third-order valence-corrected chi connectivity index (χ3v) is 5.54. The van der Waals surface area contributed by atoms with Gasteiger partial charge in [0, 0.05) is 25.5 Å². The molecular weight excluding hydrogens is 448 g/mol. The number of para-hydroxylation sites is 2. The largest absolute Gasteiger partial charge is 0.490 e. The Kier molecular flexibility index (Phi) is 8.11. The molecule has 9 nitrogen and oxygen atoms in total. The van der Waals surface area contributed by atoms with Crippen LogP contribution in [0.4, 0.5) is 5.95 Å². The molecule has 3 aromatic rings. The van der Waals surface area contributed by atoms with Gasteiger partial charge in [0.05, 0.1) is 18.7 Å². The van der Waals surface area contributed by atoms with Gasteiger partial charge in [-0.25, -0.2) is 9.97 Å². The fourth-order valence-corrected chi connectivity index (χ4v) is 3.89. The van der Waals surface area contributed by atoms with Crippen LogP contribution in [0.25, 0.3) is 0 Å². The van der Waals surface area contributed by atoms with E-state index in [1.54, 1.807) is 18.2 Å². The highest BCUT2D eigenvalue weighted by molar-refractivity contribution is 5.93. The van der Waals surface area contributed by atoms with Crippen LogP contribution in [-0.4, -0.2) is 48.1 Å². The Hall–Kier alpha value is -4.14. The monoisotopic (exact) mass is 476 g/mol.